The number of benzene rings is 1. The minimum Gasteiger partial charge on any atom is -0.295 e. The van der Waals surface area contributed by atoms with Crippen molar-refractivity contribution in [2.45, 2.75) is 23.9 Å². The van der Waals surface area contributed by atoms with E-state index in [1.54, 1.807) is 7.05 Å². The van der Waals surface area contributed by atoms with Crippen molar-refractivity contribution in [1.82, 2.24) is 24.6 Å². The maximum Gasteiger partial charge on any atom is 0.259 e. The average molecular weight is 335 g/mol. The van der Waals surface area contributed by atoms with E-state index in [9.17, 15) is 8.42 Å². The van der Waals surface area contributed by atoms with Gasteiger partial charge in [0.15, 0.2) is 5.03 Å². The van der Waals surface area contributed by atoms with E-state index in [1.807, 2.05) is 30.3 Å². The molecule has 3 rings (SSSR count). The van der Waals surface area contributed by atoms with Crippen molar-refractivity contribution in [2.24, 2.45) is 7.05 Å². The molecule has 1 fully saturated rings. The zero-order valence-electron chi connectivity index (χ0n) is 13.1. The van der Waals surface area contributed by atoms with E-state index >= 15 is 0 Å². The summed E-state index contributed by atoms with van der Waals surface area (Å²) in [7, 11) is -2.05. The molecule has 1 N–H and O–H groups in total. The summed E-state index contributed by atoms with van der Waals surface area (Å²) in [6.45, 7) is 2.32. The predicted molar refractivity (Wildman–Crippen MR) is 86.2 cm³/mol. The Bertz CT molecular complexity index is 738. The standard InChI is InChI=1S/C15H21N5O2S/c1-19-15(12-16-18-19)23(21,22)17-11-14(20-9-5-6-10-20)13-7-3-2-4-8-13/h2-4,7-8,12,14,17H,5-6,9-11H2,1H3/t14-/m1/s1. The SMILES string of the molecule is Cn1nncc1S(=O)(=O)NC[C@H](c1ccccc1)N1CCCC1. The Hall–Kier alpha value is -1.77. The molecular weight excluding hydrogens is 314 g/mol. The summed E-state index contributed by atoms with van der Waals surface area (Å²) in [5.41, 5.74) is 1.13. The number of rotatable bonds is 6. The first-order chi connectivity index (χ1) is 11.1. The molecule has 1 aliphatic rings. The molecule has 8 heteroatoms. The van der Waals surface area contributed by atoms with Crippen LogP contribution in [-0.2, 0) is 17.1 Å². The van der Waals surface area contributed by atoms with E-state index in [2.05, 4.69) is 19.9 Å². The lowest BCUT2D eigenvalue weighted by Gasteiger charge is -2.28. The number of aryl methyl sites for hydroxylation is 1. The van der Waals surface area contributed by atoms with Crippen LogP contribution in [0.3, 0.4) is 0 Å². The molecule has 0 aliphatic carbocycles. The highest BCUT2D eigenvalue weighted by atomic mass is 32.2. The van der Waals surface area contributed by atoms with Gasteiger partial charge in [-0.15, -0.1) is 5.10 Å². The number of hydrogen-bond acceptors (Lipinski definition) is 5. The molecule has 0 unspecified atom stereocenters. The molecule has 1 saturated heterocycles. The maximum atomic E-state index is 12.4. The average Bonchev–Trinajstić information content (AvgIpc) is 3.20. The molecule has 1 aromatic heterocycles. The van der Waals surface area contributed by atoms with Crippen LogP contribution in [-0.4, -0.2) is 47.9 Å². The summed E-state index contributed by atoms with van der Waals surface area (Å²) >= 11 is 0. The number of likely N-dealkylation sites (tertiary alicyclic amines) is 1. The molecule has 0 saturated carbocycles. The van der Waals surface area contributed by atoms with Gasteiger partial charge in [0, 0.05) is 19.6 Å². The minimum atomic E-state index is -3.62. The number of hydrogen-bond donors (Lipinski definition) is 1. The van der Waals surface area contributed by atoms with Crippen molar-refractivity contribution in [3.8, 4) is 0 Å². The Kier molecular flexibility index (Phi) is 4.74. The molecule has 124 valence electrons. The molecule has 2 aromatic rings. The molecular formula is C15H21N5O2S. The number of sulfonamides is 1. The normalized spacial score (nSPS) is 17.4. The van der Waals surface area contributed by atoms with Crippen LogP contribution >= 0.6 is 0 Å². The van der Waals surface area contributed by atoms with Gasteiger partial charge >= 0.3 is 0 Å². The van der Waals surface area contributed by atoms with E-state index in [-0.39, 0.29) is 11.1 Å². The third kappa shape index (κ3) is 3.60. The van der Waals surface area contributed by atoms with Crippen LogP contribution in [0.5, 0.6) is 0 Å². The quantitative estimate of drug-likeness (QED) is 0.849. The lowest BCUT2D eigenvalue weighted by atomic mass is 10.1. The zero-order chi connectivity index (χ0) is 16.3. The van der Waals surface area contributed by atoms with Gasteiger partial charge in [0.25, 0.3) is 10.0 Å². The summed E-state index contributed by atoms with van der Waals surface area (Å²) in [4.78, 5) is 2.33. The lowest BCUT2D eigenvalue weighted by molar-refractivity contribution is 0.246. The van der Waals surface area contributed by atoms with Crippen molar-refractivity contribution < 1.29 is 8.42 Å². The third-order valence-corrected chi connectivity index (χ3v) is 5.65. The molecule has 0 spiro atoms. The molecule has 1 aromatic carbocycles. The van der Waals surface area contributed by atoms with Crippen LogP contribution in [0.15, 0.2) is 41.6 Å². The van der Waals surface area contributed by atoms with Gasteiger partial charge in [-0.2, -0.15) is 0 Å². The molecule has 2 heterocycles. The van der Waals surface area contributed by atoms with E-state index in [0.717, 1.165) is 31.5 Å². The second-order valence-electron chi connectivity index (χ2n) is 5.72. The Labute approximate surface area is 136 Å². The topological polar surface area (TPSA) is 80.1 Å². The summed E-state index contributed by atoms with van der Waals surface area (Å²) in [5.74, 6) is 0. The van der Waals surface area contributed by atoms with Gasteiger partial charge in [-0.1, -0.05) is 35.5 Å². The number of nitrogens with zero attached hydrogens (tertiary/aromatic N) is 4. The predicted octanol–water partition coefficient (Wildman–Crippen LogP) is 0.930. The van der Waals surface area contributed by atoms with Crippen molar-refractivity contribution in [3.05, 3.63) is 42.1 Å². The van der Waals surface area contributed by atoms with Crippen molar-refractivity contribution >= 4 is 10.0 Å². The van der Waals surface area contributed by atoms with Gasteiger partial charge in [-0.3, -0.25) is 4.90 Å². The molecule has 23 heavy (non-hydrogen) atoms. The summed E-state index contributed by atoms with van der Waals surface area (Å²) in [6.07, 6.45) is 3.57. The van der Waals surface area contributed by atoms with E-state index < -0.39 is 10.0 Å². The Morgan fingerprint density at radius 1 is 1.22 bits per heavy atom. The Balaban J connectivity index is 1.78. The van der Waals surface area contributed by atoms with Crippen molar-refractivity contribution in [3.63, 3.8) is 0 Å². The summed E-state index contributed by atoms with van der Waals surface area (Å²) < 4.78 is 28.8. The van der Waals surface area contributed by atoms with Crippen molar-refractivity contribution in [2.75, 3.05) is 19.6 Å². The second kappa shape index (κ2) is 6.77. The van der Waals surface area contributed by atoms with Crippen LogP contribution in [0.25, 0.3) is 0 Å². The zero-order valence-corrected chi connectivity index (χ0v) is 13.9. The number of nitrogens with one attached hydrogen (secondary N) is 1. The van der Waals surface area contributed by atoms with Crippen molar-refractivity contribution in [1.29, 1.82) is 0 Å². The summed E-state index contributed by atoms with van der Waals surface area (Å²) in [6, 6.07) is 10.1. The molecule has 0 radical (unpaired) electrons. The first kappa shape index (κ1) is 16.1. The van der Waals surface area contributed by atoms with Crippen LogP contribution in [0.2, 0.25) is 0 Å². The van der Waals surface area contributed by atoms with Crippen LogP contribution in [0, 0.1) is 0 Å². The molecule has 1 atom stereocenters. The van der Waals surface area contributed by atoms with Gasteiger partial charge in [-0.25, -0.2) is 17.8 Å². The van der Waals surface area contributed by atoms with E-state index in [4.69, 9.17) is 0 Å². The van der Waals surface area contributed by atoms with Crippen LogP contribution < -0.4 is 4.72 Å². The van der Waals surface area contributed by atoms with E-state index in [0.29, 0.717) is 6.54 Å². The van der Waals surface area contributed by atoms with Gasteiger partial charge < -0.3 is 0 Å². The maximum absolute atomic E-state index is 12.4. The molecule has 1 aliphatic heterocycles. The largest absolute Gasteiger partial charge is 0.295 e. The third-order valence-electron chi connectivity index (χ3n) is 4.18. The fourth-order valence-electron chi connectivity index (χ4n) is 2.97. The van der Waals surface area contributed by atoms with Gasteiger partial charge in [0.05, 0.1) is 6.20 Å². The lowest BCUT2D eigenvalue weighted by Crippen LogP contribution is -2.37. The fourth-order valence-corrected chi connectivity index (χ4v) is 4.07. The van der Waals surface area contributed by atoms with E-state index in [1.165, 1.54) is 10.9 Å². The molecule has 0 amide bonds. The monoisotopic (exact) mass is 335 g/mol. The van der Waals surface area contributed by atoms with Crippen LogP contribution in [0.4, 0.5) is 0 Å². The fraction of sp³-hybridized carbons (Fsp3) is 0.467. The highest BCUT2D eigenvalue weighted by Crippen LogP contribution is 2.24. The highest BCUT2D eigenvalue weighted by Gasteiger charge is 2.26. The van der Waals surface area contributed by atoms with Gasteiger partial charge in [0.1, 0.15) is 0 Å². The minimum absolute atomic E-state index is 0.0367. The Morgan fingerprint density at radius 2 is 1.91 bits per heavy atom. The van der Waals surface area contributed by atoms with Gasteiger partial charge in [-0.05, 0) is 31.5 Å². The number of aromatic nitrogens is 3. The first-order valence-electron chi connectivity index (χ1n) is 7.71. The first-order valence-corrected chi connectivity index (χ1v) is 9.19. The molecule has 0 bridgehead atoms. The summed E-state index contributed by atoms with van der Waals surface area (Å²) in [5, 5.41) is 7.39. The van der Waals surface area contributed by atoms with Gasteiger partial charge in [0.2, 0.25) is 0 Å². The highest BCUT2D eigenvalue weighted by molar-refractivity contribution is 7.89. The van der Waals surface area contributed by atoms with Crippen LogP contribution in [0.1, 0.15) is 24.4 Å². The molecule has 7 nitrogen and oxygen atoms in total. The Morgan fingerprint density at radius 3 is 2.52 bits per heavy atom. The second-order valence-corrected chi connectivity index (χ2v) is 7.43. The smallest absolute Gasteiger partial charge is 0.259 e.